The van der Waals surface area contributed by atoms with Crippen LogP contribution >= 0.6 is 11.9 Å². The molecular weight excluding hydrogens is 412 g/mol. The third kappa shape index (κ3) is 4.45. The standard InChI is InChI=1S/C28H36N2OS/c1-4-6-20-16-26-21(15-19(20)5-2)13-14-30(32-24-9-10-24)28(26)12-7-22-18-29-27-11-8-23(31-3)17-25(22)27/h8,11,15-18,24,28-29H,4-7,9-10,12-14H2,1-3H3. The fraction of sp³-hybridized carbons (Fsp3) is 0.500. The van der Waals surface area contributed by atoms with E-state index in [1.807, 2.05) is 6.07 Å². The van der Waals surface area contributed by atoms with Crippen LogP contribution in [0.3, 0.4) is 0 Å². The van der Waals surface area contributed by atoms with Gasteiger partial charge in [-0.25, -0.2) is 4.31 Å². The summed E-state index contributed by atoms with van der Waals surface area (Å²) in [7, 11) is 1.75. The lowest BCUT2D eigenvalue weighted by atomic mass is 9.86. The molecule has 0 radical (unpaired) electrons. The van der Waals surface area contributed by atoms with Crippen LogP contribution in [0.2, 0.25) is 0 Å². The maximum atomic E-state index is 5.49. The number of aromatic nitrogens is 1. The lowest BCUT2D eigenvalue weighted by Gasteiger charge is -2.37. The largest absolute Gasteiger partial charge is 0.497 e. The summed E-state index contributed by atoms with van der Waals surface area (Å²) in [6, 6.07) is 12.0. The molecule has 1 aliphatic carbocycles. The SMILES string of the molecule is CCCc1cc2c(cc1CC)CCN(SC1CC1)C2CCc1c[nH]c2ccc(OC)cc12. The van der Waals surface area contributed by atoms with Crippen LogP contribution in [0.25, 0.3) is 10.9 Å². The van der Waals surface area contributed by atoms with Gasteiger partial charge in [0.05, 0.1) is 7.11 Å². The number of methoxy groups -OCH3 is 1. The molecule has 0 saturated heterocycles. The molecule has 170 valence electrons. The minimum Gasteiger partial charge on any atom is -0.497 e. The van der Waals surface area contributed by atoms with Crippen molar-refractivity contribution < 1.29 is 4.74 Å². The molecular formula is C28H36N2OS. The Hall–Kier alpha value is -1.91. The molecule has 1 aliphatic heterocycles. The zero-order valence-electron chi connectivity index (χ0n) is 19.7. The fourth-order valence-corrected chi connectivity index (χ4v) is 6.53. The van der Waals surface area contributed by atoms with Crippen molar-refractivity contribution in [3.8, 4) is 5.75 Å². The number of aromatic amines is 1. The molecule has 2 aliphatic rings. The van der Waals surface area contributed by atoms with Crippen LogP contribution in [0, 0.1) is 0 Å². The molecule has 1 unspecified atom stereocenters. The second-order valence-electron chi connectivity index (χ2n) is 9.40. The Bertz CT molecular complexity index is 1080. The van der Waals surface area contributed by atoms with Gasteiger partial charge in [-0.05, 0) is 91.0 Å². The maximum Gasteiger partial charge on any atom is 0.119 e. The van der Waals surface area contributed by atoms with Gasteiger partial charge < -0.3 is 9.72 Å². The number of ether oxygens (including phenoxy) is 1. The highest BCUT2D eigenvalue weighted by Crippen LogP contribution is 2.45. The summed E-state index contributed by atoms with van der Waals surface area (Å²) in [5, 5.41) is 2.15. The second kappa shape index (κ2) is 9.52. The summed E-state index contributed by atoms with van der Waals surface area (Å²) in [5.41, 5.74) is 8.95. The molecule has 0 bridgehead atoms. The van der Waals surface area contributed by atoms with E-state index in [-0.39, 0.29) is 0 Å². The van der Waals surface area contributed by atoms with E-state index in [0.29, 0.717) is 6.04 Å². The van der Waals surface area contributed by atoms with Crippen LogP contribution in [0.15, 0.2) is 36.5 Å². The third-order valence-corrected chi connectivity index (χ3v) is 8.62. The average molecular weight is 449 g/mol. The van der Waals surface area contributed by atoms with Crippen molar-refractivity contribution in [2.24, 2.45) is 0 Å². The van der Waals surface area contributed by atoms with Crippen molar-refractivity contribution in [2.45, 2.75) is 76.5 Å². The molecule has 4 heteroatoms. The minimum absolute atomic E-state index is 0.501. The molecule has 0 amide bonds. The van der Waals surface area contributed by atoms with Crippen LogP contribution in [0.5, 0.6) is 5.75 Å². The first-order chi connectivity index (χ1) is 15.7. The van der Waals surface area contributed by atoms with Crippen molar-refractivity contribution >= 4 is 22.9 Å². The molecule has 3 nitrogen and oxygen atoms in total. The van der Waals surface area contributed by atoms with Crippen molar-refractivity contribution in [3.05, 3.63) is 64.3 Å². The number of rotatable bonds is 9. The van der Waals surface area contributed by atoms with E-state index in [1.165, 1.54) is 55.1 Å². The summed E-state index contributed by atoms with van der Waals surface area (Å²) >= 11 is 2.14. The molecule has 2 aromatic carbocycles. The predicted molar refractivity (Wildman–Crippen MR) is 137 cm³/mol. The van der Waals surface area contributed by atoms with E-state index in [9.17, 15) is 0 Å². The monoisotopic (exact) mass is 448 g/mol. The lowest BCUT2D eigenvalue weighted by Crippen LogP contribution is -2.31. The van der Waals surface area contributed by atoms with Gasteiger partial charge in [0, 0.05) is 34.9 Å². The van der Waals surface area contributed by atoms with Crippen molar-refractivity contribution in [3.63, 3.8) is 0 Å². The van der Waals surface area contributed by atoms with Gasteiger partial charge in [0.25, 0.3) is 0 Å². The number of benzene rings is 2. The van der Waals surface area contributed by atoms with Gasteiger partial charge in [-0.1, -0.05) is 44.3 Å². The molecule has 1 atom stereocenters. The summed E-state index contributed by atoms with van der Waals surface area (Å²) < 4.78 is 8.22. The Morgan fingerprint density at radius 3 is 2.69 bits per heavy atom. The summed E-state index contributed by atoms with van der Waals surface area (Å²) in [6.07, 6.45) is 12.0. The van der Waals surface area contributed by atoms with Crippen LogP contribution < -0.4 is 4.74 Å². The summed E-state index contributed by atoms with van der Waals surface area (Å²) in [5.74, 6) is 0.934. The number of fused-ring (bicyclic) bond motifs is 2. The van der Waals surface area contributed by atoms with Crippen LogP contribution in [-0.4, -0.2) is 28.2 Å². The van der Waals surface area contributed by atoms with E-state index in [2.05, 4.69) is 65.5 Å². The number of hydrogen-bond acceptors (Lipinski definition) is 3. The van der Waals surface area contributed by atoms with E-state index in [4.69, 9.17) is 4.74 Å². The highest BCUT2D eigenvalue weighted by molar-refractivity contribution is 7.97. The Morgan fingerprint density at radius 2 is 1.94 bits per heavy atom. The van der Waals surface area contributed by atoms with Gasteiger partial charge in [-0.3, -0.25) is 0 Å². The number of aryl methyl sites for hydroxylation is 3. The van der Waals surface area contributed by atoms with Crippen LogP contribution in [-0.2, 0) is 25.7 Å². The smallest absolute Gasteiger partial charge is 0.119 e. The third-order valence-electron chi connectivity index (χ3n) is 7.14. The zero-order chi connectivity index (χ0) is 22.1. The molecule has 5 rings (SSSR count). The molecule has 1 fully saturated rings. The minimum atomic E-state index is 0.501. The van der Waals surface area contributed by atoms with E-state index in [1.54, 1.807) is 29.4 Å². The molecule has 3 aromatic rings. The molecule has 1 N–H and O–H groups in total. The van der Waals surface area contributed by atoms with Gasteiger partial charge in [0.2, 0.25) is 0 Å². The zero-order valence-corrected chi connectivity index (χ0v) is 20.6. The first kappa shape index (κ1) is 21.9. The Morgan fingerprint density at radius 1 is 1.06 bits per heavy atom. The number of hydrogen-bond donors (Lipinski definition) is 1. The maximum absolute atomic E-state index is 5.49. The van der Waals surface area contributed by atoms with Gasteiger partial charge in [-0.15, -0.1) is 0 Å². The van der Waals surface area contributed by atoms with Gasteiger partial charge in [-0.2, -0.15) is 0 Å². The average Bonchev–Trinajstić information content (AvgIpc) is 3.55. The van der Waals surface area contributed by atoms with Crippen LogP contribution in [0.4, 0.5) is 0 Å². The van der Waals surface area contributed by atoms with Crippen LogP contribution in [0.1, 0.15) is 73.4 Å². The van der Waals surface area contributed by atoms with Gasteiger partial charge >= 0.3 is 0 Å². The topological polar surface area (TPSA) is 28.3 Å². The second-order valence-corrected chi connectivity index (χ2v) is 10.7. The molecule has 1 aromatic heterocycles. The lowest BCUT2D eigenvalue weighted by molar-refractivity contribution is 0.322. The molecule has 32 heavy (non-hydrogen) atoms. The van der Waals surface area contributed by atoms with E-state index >= 15 is 0 Å². The van der Waals surface area contributed by atoms with E-state index in [0.717, 1.165) is 30.3 Å². The Kier molecular flexibility index (Phi) is 6.52. The first-order valence-corrected chi connectivity index (χ1v) is 13.3. The molecule has 0 spiro atoms. The number of nitrogens with one attached hydrogen (secondary N) is 1. The summed E-state index contributed by atoms with van der Waals surface area (Å²) in [4.78, 5) is 3.47. The van der Waals surface area contributed by atoms with Crippen molar-refractivity contribution in [2.75, 3.05) is 13.7 Å². The quantitative estimate of drug-likeness (QED) is 0.356. The van der Waals surface area contributed by atoms with Gasteiger partial charge in [0.15, 0.2) is 0 Å². The molecule has 2 heterocycles. The Balaban J connectivity index is 1.45. The highest BCUT2D eigenvalue weighted by Gasteiger charge is 2.33. The first-order valence-electron chi connectivity index (χ1n) is 12.4. The highest BCUT2D eigenvalue weighted by atomic mass is 32.2. The number of H-pyrrole nitrogens is 1. The van der Waals surface area contributed by atoms with Crippen molar-refractivity contribution in [1.82, 2.24) is 9.29 Å². The van der Waals surface area contributed by atoms with E-state index < -0.39 is 0 Å². The van der Waals surface area contributed by atoms with Crippen molar-refractivity contribution in [1.29, 1.82) is 0 Å². The molecule has 1 saturated carbocycles. The normalized spacial score (nSPS) is 18.8. The van der Waals surface area contributed by atoms with Gasteiger partial charge in [0.1, 0.15) is 5.75 Å². The fourth-order valence-electron chi connectivity index (χ4n) is 5.23. The summed E-state index contributed by atoms with van der Waals surface area (Å²) in [6.45, 7) is 5.79. The Labute approximate surface area is 197 Å². The number of nitrogens with zero attached hydrogens (tertiary/aromatic N) is 1. The predicted octanol–water partition coefficient (Wildman–Crippen LogP) is 7.03.